The van der Waals surface area contributed by atoms with Gasteiger partial charge in [0.1, 0.15) is 5.75 Å². The number of hydrogen-bond donors (Lipinski definition) is 1. The predicted octanol–water partition coefficient (Wildman–Crippen LogP) is 3.91. The molecule has 0 unspecified atom stereocenters. The molecule has 0 aliphatic carbocycles. The highest BCUT2D eigenvalue weighted by atomic mass is 32.2. The molecule has 0 aliphatic heterocycles. The van der Waals surface area contributed by atoms with Crippen molar-refractivity contribution in [3.63, 3.8) is 0 Å². The van der Waals surface area contributed by atoms with Crippen molar-refractivity contribution in [3.8, 4) is 5.75 Å². The van der Waals surface area contributed by atoms with Gasteiger partial charge in [0.05, 0.1) is 12.3 Å². The Balaban J connectivity index is 2.45. The number of oxime groups is 1. The van der Waals surface area contributed by atoms with E-state index in [-0.39, 0.29) is 24.1 Å². The first-order chi connectivity index (χ1) is 8.96. The van der Waals surface area contributed by atoms with Gasteiger partial charge in [-0.15, -0.1) is 0 Å². The van der Waals surface area contributed by atoms with Crippen molar-refractivity contribution < 1.29 is 23.1 Å². The molecule has 0 saturated carbocycles. The maximum absolute atomic E-state index is 11.9. The second-order valence-electron chi connectivity index (χ2n) is 3.57. The summed E-state index contributed by atoms with van der Waals surface area (Å²) < 4.78 is 40.8. The van der Waals surface area contributed by atoms with Gasteiger partial charge in [0.15, 0.2) is 0 Å². The van der Waals surface area contributed by atoms with Crippen LogP contribution in [0.15, 0.2) is 29.4 Å². The van der Waals surface area contributed by atoms with E-state index in [9.17, 15) is 13.2 Å². The molecule has 0 aliphatic rings. The Hall–Kier alpha value is -1.37. The van der Waals surface area contributed by atoms with Crippen LogP contribution in [0.2, 0.25) is 0 Å². The molecule has 0 spiro atoms. The van der Waals surface area contributed by atoms with E-state index in [4.69, 9.17) is 9.94 Å². The van der Waals surface area contributed by atoms with E-state index >= 15 is 0 Å². The van der Waals surface area contributed by atoms with E-state index in [0.717, 1.165) is 5.56 Å². The molecule has 0 aromatic heterocycles. The van der Waals surface area contributed by atoms with Crippen LogP contribution in [0, 0.1) is 0 Å². The van der Waals surface area contributed by atoms with Crippen molar-refractivity contribution in [3.05, 3.63) is 29.8 Å². The minimum Gasteiger partial charge on any atom is -0.493 e. The minimum absolute atomic E-state index is 0.0156. The fraction of sp³-hybridized carbons (Fsp3) is 0.417. The van der Waals surface area contributed by atoms with E-state index in [1.807, 2.05) is 6.92 Å². The Morgan fingerprint density at radius 3 is 2.42 bits per heavy atom. The normalized spacial score (nSPS) is 12.5. The van der Waals surface area contributed by atoms with Crippen LogP contribution in [0.4, 0.5) is 13.2 Å². The highest BCUT2D eigenvalue weighted by Crippen LogP contribution is 2.29. The van der Waals surface area contributed by atoms with Crippen molar-refractivity contribution in [1.82, 2.24) is 0 Å². The molecule has 0 fully saturated rings. The quantitative estimate of drug-likeness (QED) is 0.374. The van der Waals surface area contributed by atoms with E-state index < -0.39 is 5.51 Å². The van der Waals surface area contributed by atoms with Crippen LogP contribution in [-0.2, 0) is 0 Å². The van der Waals surface area contributed by atoms with Crippen molar-refractivity contribution in [1.29, 1.82) is 0 Å². The zero-order valence-corrected chi connectivity index (χ0v) is 11.1. The summed E-state index contributed by atoms with van der Waals surface area (Å²) in [6.07, 6.45) is 0.582. The SMILES string of the molecule is CC/C(=N/O)c1ccc(OCCSC(F)(F)F)cc1. The summed E-state index contributed by atoms with van der Waals surface area (Å²) in [7, 11) is 0. The molecule has 1 N–H and O–H groups in total. The van der Waals surface area contributed by atoms with Gasteiger partial charge in [-0.2, -0.15) is 13.2 Å². The van der Waals surface area contributed by atoms with Gasteiger partial charge in [-0.1, -0.05) is 12.1 Å². The number of rotatable bonds is 6. The van der Waals surface area contributed by atoms with E-state index in [2.05, 4.69) is 5.16 Å². The number of hydrogen-bond acceptors (Lipinski definition) is 4. The van der Waals surface area contributed by atoms with Crippen molar-refractivity contribution >= 4 is 17.5 Å². The van der Waals surface area contributed by atoms with Crippen LogP contribution < -0.4 is 4.74 Å². The van der Waals surface area contributed by atoms with E-state index in [1.54, 1.807) is 24.3 Å². The Labute approximate surface area is 113 Å². The molecule has 3 nitrogen and oxygen atoms in total. The molecular formula is C12H14F3NO2S. The lowest BCUT2D eigenvalue weighted by molar-refractivity contribution is -0.0329. The topological polar surface area (TPSA) is 41.8 Å². The van der Waals surface area contributed by atoms with Crippen molar-refractivity contribution in [2.45, 2.75) is 18.9 Å². The lowest BCUT2D eigenvalue weighted by atomic mass is 10.1. The highest BCUT2D eigenvalue weighted by Gasteiger charge is 2.27. The lowest BCUT2D eigenvalue weighted by Crippen LogP contribution is -2.07. The van der Waals surface area contributed by atoms with Crippen LogP contribution >= 0.6 is 11.8 Å². The Bertz CT molecular complexity index is 418. The molecular weight excluding hydrogens is 279 g/mol. The van der Waals surface area contributed by atoms with Gasteiger partial charge in [0, 0.05) is 5.75 Å². The zero-order valence-electron chi connectivity index (χ0n) is 10.3. The molecule has 1 aromatic rings. The summed E-state index contributed by atoms with van der Waals surface area (Å²) >= 11 is -0.109. The second-order valence-corrected chi connectivity index (χ2v) is 4.73. The van der Waals surface area contributed by atoms with Crippen LogP contribution in [0.3, 0.4) is 0 Å². The average molecular weight is 293 g/mol. The van der Waals surface area contributed by atoms with Crippen molar-refractivity contribution in [2.24, 2.45) is 5.16 Å². The number of thioether (sulfide) groups is 1. The summed E-state index contributed by atoms with van der Waals surface area (Å²) in [5.74, 6) is 0.337. The number of nitrogens with zero attached hydrogens (tertiary/aromatic N) is 1. The first kappa shape index (κ1) is 15.7. The molecule has 1 aromatic carbocycles. The number of alkyl halides is 3. The highest BCUT2D eigenvalue weighted by molar-refractivity contribution is 8.00. The fourth-order valence-corrected chi connectivity index (χ4v) is 1.79. The molecule has 0 bridgehead atoms. The first-order valence-electron chi connectivity index (χ1n) is 5.61. The first-order valence-corrected chi connectivity index (χ1v) is 6.59. The van der Waals surface area contributed by atoms with Gasteiger partial charge >= 0.3 is 5.51 Å². The number of halogens is 3. The molecule has 0 saturated heterocycles. The van der Waals surface area contributed by atoms with Gasteiger partial charge in [0.2, 0.25) is 0 Å². The van der Waals surface area contributed by atoms with Gasteiger partial charge in [-0.3, -0.25) is 0 Å². The van der Waals surface area contributed by atoms with Gasteiger partial charge < -0.3 is 9.94 Å². The third-order valence-corrected chi connectivity index (χ3v) is 2.96. The third-order valence-electron chi connectivity index (χ3n) is 2.26. The average Bonchev–Trinajstić information content (AvgIpc) is 2.37. The van der Waals surface area contributed by atoms with Crippen LogP contribution in [-0.4, -0.2) is 28.8 Å². The Morgan fingerprint density at radius 1 is 1.32 bits per heavy atom. The van der Waals surface area contributed by atoms with Crippen LogP contribution in [0.5, 0.6) is 5.75 Å². The zero-order chi connectivity index (χ0) is 14.3. The van der Waals surface area contributed by atoms with Gasteiger partial charge in [0.25, 0.3) is 0 Å². The lowest BCUT2D eigenvalue weighted by Gasteiger charge is -2.08. The molecule has 19 heavy (non-hydrogen) atoms. The summed E-state index contributed by atoms with van der Waals surface area (Å²) in [6.45, 7) is 1.84. The van der Waals surface area contributed by atoms with Gasteiger partial charge in [-0.05, 0) is 48.0 Å². The molecule has 1 rings (SSSR count). The standard InChI is InChI=1S/C12H14F3NO2S/c1-2-11(16-17)9-3-5-10(6-4-9)18-7-8-19-12(13,14)15/h3-6,17H,2,7-8H2,1H3/b16-11-. The largest absolute Gasteiger partial charge is 0.493 e. The summed E-state index contributed by atoms with van der Waals surface area (Å²) in [5, 5.41) is 11.9. The molecule has 0 radical (unpaired) electrons. The number of benzene rings is 1. The summed E-state index contributed by atoms with van der Waals surface area (Å²) in [5.41, 5.74) is -2.93. The summed E-state index contributed by atoms with van der Waals surface area (Å²) in [6, 6.07) is 6.67. The van der Waals surface area contributed by atoms with Crippen LogP contribution in [0.1, 0.15) is 18.9 Å². The Kier molecular flexibility index (Phi) is 6.01. The molecule has 0 heterocycles. The fourth-order valence-electron chi connectivity index (χ4n) is 1.39. The molecule has 106 valence electrons. The molecule has 0 amide bonds. The summed E-state index contributed by atoms with van der Waals surface area (Å²) in [4.78, 5) is 0. The van der Waals surface area contributed by atoms with Gasteiger partial charge in [-0.25, -0.2) is 0 Å². The molecule has 7 heteroatoms. The van der Waals surface area contributed by atoms with Crippen LogP contribution in [0.25, 0.3) is 0 Å². The maximum Gasteiger partial charge on any atom is 0.441 e. The van der Waals surface area contributed by atoms with E-state index in [1.165, 1.54) is 0 Å². The monoisotopic (exact) mass is 293 g/mol. The second kappa shape index (κ2) is 7.28. The maximum atomic E-state index is 11.9. The minimum atomic E-state index is -4.22. The Morgan fingerprint density at radius 2 is 1.95 bits per heavy atom. The predicted molar refractivity (Wildman–Crippen MR) is 69.1 cm³/mol. The number of ether oxygens (including phenoxy) is 1. The molecule has 0 atom stereocenters. The van der Waals surface area contributed by atoms with Crippen molar-refractivity contribution in [2.75, 3.05) is 12.4 Å². The third kappa shape index (κ3) is 5.87. The van der Waals surface area contributed by atoms with E-state index in [0.29, 0.717) is 17.9 Å². The smallest absolute Gasteiger partial charge is 0.441 e.